The molecule has 0 fully saturated rings. The Labute approximate surface area is 190 Å². The SMILES string of the molecule is O=C(O)c1ccc(OCc2nc3ccccn3c2C#Cc2ccccc2)cc1.[NaH]. The number of hydrogen-bond acceptors (Lipinski definition) is 3. The minimum atomic E-state index is -0.967. The molecule has 0 unspecified atom stereocenters. The summed E-state index contributed by atoms with van der Waals surface area (Å²) >= 11 is 0. The zero-order valence-corrected chi connectivity index (χ0v) is 14.9. The van der Waals surface area contributed by atoms with Crippen LogP contribution in [0.25, 0.3) is 5.65 Å². The molecule has 0 atom stereocenters. The van der Waals surface area contributed by atoms with Crippen LogP contribution in [-0.4, -0.2) is 50.0 Å². The van der Waals surface area contributed by atoms with Crippen molar-refractivity contribution in [2.45, 2.75) is 6.61 Å². The maximum atomic E-state index is 11.0. The number of aromatic nitrogens is 2. The fourth-order valence-electron chi connectivity index (χ4n) is 2.78. The van der Waals surface area contributed by atoms with Crippen LogP contribution in [0.15, 0.2) is 79.0 Å². The van der Waals surface area contributed by atoms with Crippen LogP contribution in [-0.2, 0) is 6.61 Å². The normalized spacial score (nSPS) is 9.93. The molecule has 0 bridgehead atoms. The van der Waals surface area contributed by atoms with Gasteiger partial charge in [-0.25, -0.2) is 9.78 Å². The summed E-state index contributed by atoms with van der Waals surface area (Å²) < 4.78 is 7.75. The summed E-state index contributed by atoms with van der Waals surface area (Å²) in [5, 5.41) is 8.98. The van der Waals surface area contributed by atoms with Gasteiger partial charge in [0.1, 0.15) is 29.4 Å². The van der Waals surface area contributed by atoms with Crippen LogP contribution >= 0.6 is 0 Å². The van der Waals surface area contributed by atoms with E-state index in [1.807, 2.05) is 59.1 Å². The van der Waals surface area contributed by atoms with Crippen LogP contribution in [0.4, 0.5) is 0 Å². The van der Waals surface area contributed by atoms with Gasteiger partial charge in [0.25, 0.3) is 0 Å². The van der Waals surface area contributed by atoms with Gasteiger partial charge in [0.15, 0.2) is 0 Å². The van der Waals surface area contributed by atoms with E-state index in [0.29, 0.717) is 5.75 Å². The molecule has 2 aromatic heterocycles. The molecule has 0 radical (unpaired) electrons. The molecule has 0 saturated carbocycles. The van der Waals surface area contributed by atoms with Crippen molar-refractivity contribution in [3.63, 3.8) is 0 Å². The van der Waals surface area contributed by atoms with Crippen LogP contribution in [0, 0.1) is 11.8 Å². The van der Waals surface area contributed by atoms with E-state index < -0.39 is 5.97 Å². The predicted molar refractivity (Wildman–Crippen MR) is 112 cm³/mol. The van der Waals surface area contributed by atoms with Gasteiger partial charge >= 0.3 is 35.5 Å². The average Bonchev–Trinajstić information content (AvgIpc) is 3.09. The van der Waals surface area contributed by atoms with Crippen molar-refractivity contribution in [2.75, 3.05) is 0 Å². The summed E-state index contributed by atoms with van der Waals surface area (Å²) in [5.74, 6) is 5.98. The Kier molecular flexibility index (Phi) is 6.73. The fraction of sp³-hybridized carbons (Fsp3) is 0.0435. The quantitative estimate of drug-likeness (QED) is 0.427. The first-order chi connectivity index (χ1) is 13.7. The summed E-state index contributed by atoms with van der Waals surface area (Å²) in [5.41, 5.74) is 3.41. The van der Waals surface area contributed by atoms with E-state index in [0.717, 1.165) is 22.6 Å². The van der Waals surface area contributed by atoms with E-state index in [-0.39, 0.29) is 41.7 Å². The Bertz CT molecular complexity index is 1190. The molecule has 4 aromatic rings. The van der Waals surface area contributed by atoms with E-state index in [1.54, 1.807) is 12.1 Å². The van der Waals surface area contributed by atoms with Crippen molar-refractivity contribution < 1.29 is 14.6 Å². The first-order valence-corrected chi connectivity index (χ1v) is 8.70. The van der Waals surface area contributed by atoms with Gasteiger partial charge in [-0.1, -0.05) is 30.2 Å². The van der Waals surface area contributed by atoms with E-state index in [9.17, 15) is 4.79 Å². The molecule has 2 heterocycles. The second-order valence-electron chi connectivity index (χ2n) is 6.07. The van der Waals surface area contributed by atoms with Gasteiger partial charge < -0.3 is 9.84 Å². The molecular weight excluding hydrogens is 375 g/mol. The van der Waals surface area contributed by atoms with Gasteiger partial charge in [0, 0.05) is 11.8 Å². The molecule has 2 aromatic carbocycles. The molecule has 6 heteroatoms. The predicted octanol–water partition coefficient (Wildman–Crippen LogP) is 3.36. The first kappa shape index (κ1) is 20.7. The number of rotatable bonds is 4. The van der Waals surface area contributed by atoms with Crippen LogP contribution in [0.3, 0.4) is 0 Å². The van der Waals surface area contributed by atoms with Gasteiger partial charge in [-0.3, -0.25) is 4.40 Å². The molecule has 1 N–H and O–H groups in total. The van der Waals surface area contributed by atoms with E-state index in [2.05, 4.69) is 16.8 Å². The molecule has 138 valence electrons. The molecule has 5 nitrogen and oxygen atoms in total. The van der Waals surface area contributed by atoms with Crippen molar-refractivity contribution in [3.05, 3.63) is 102 Å². The number of carbonyl (C=O) groups is 1. The zero-order valence-electron chi connectivity index (χ0n) is 14.9. The van der Waals surface area contributed by atoms with Crippen LogP contribution in [0.2, 0.25) is 0 Å². The van der Waals surface area contributed by atoms with Crippen LogP contribution < -0.4 is 4.74 Å². The van der Waals surface area contributed by atoms with Gasteiger partial charge in [-0.2, -0.15) is 0 Å². The Morgan fingerprint density at radius 2 is 1.69 bits per heavy atom. The van der Waals surface area contributed by atoms with Crippen molar-refractivity contribution in [1.82, 2.24) is 9.38 Å². The molecule has 0 aliphatic heterocycles. The number of imidazole rings is 1. The third-order valence-electron chi connectivity index (χ3n) is 4.18. The van der Waals surface area contributed by atoms with E-state index in [1.165, 1.54) is 12.1 Å². The van der Waals surface area contributed by atoms with Crippen molar-refractivity contribution >= 4 is 41.2 Å². The van der Waals surface area contributed by atoms with Gasteiger partial charge in [0.2, 0.25) is 0 Å². The number of hydrogen-bond donors (Lipinski definition) is 1. The number of carboxylic acids is 1. The minimum absolute atomic E-state index is 0. The zero-order chi connectivity index (χ0) is 19.3. The van der Waals surface area contributed by atoms with Crippen molar-refractivity contribution in [3.8, 4) is 17.6 Å². The van der Waals surface area contributed by atoms with Crippen LogP contribution in [0.1, 0.15) is 27.3 Å². The van der Waals surface area contributed by atoms with E-state index >= 15 is 0 Å². The van der Waals surface area contributed by atoms with E-state index in [4.69, 9.17) is 9.84 Å². The molecule has 0 aliphatic rings. The summed E-state index contributed by atoms with van der Waals surface area (Å²) in [6, 6.07) is 21.8. The number of aromatic carboxylic acids is 1. The second-order valence-corrected chi connectivity index (χ2v) is 6.07. The Hall–Kier alpha value is -3.04. The molecule has 0 amide bonds. The average molecular weight is 392 g/mol. The topological polar surface area (TPSA) is 63.8 Å². The van der Waals surface area contributed by atoms with Gasteiger partial charge in [0.05, 0.1) is 5.56 Å². The van der Waals surface area contributed by atoms with Crippen molar-refractivity contribution in [1.29, 1.82) is 0 Å². The monoisotopic (exact) mass is 392 g/mol. The standard InChI is InChI=1S/C23H16N2O3.Na.H/c26-23(27)18-10-12-19(13-11-18)28-16-20-21(14-9-17-6-2-1-3-7-17)25-15-5-4-8-22(25)24-20;;/h1-8,10-13,15H,16H2,(H,26,27);;. The van der Waals surface area contributed by atoms with Crippen molar-refractivity contribution in [2.24, 2.45) is 0 Å². The third kappa shape index (κ3) is 4.87. The van der Waals surface area contributed by atoms with Gasteiger partial charge in [-0.05, 0) is 54.5 Å². The maximum absolute atomic E-state index is 11.0. The number of ether oxygens (including phenoxy) is 1. The summed E-state index contributed by atoms with van der Waals surface area (Å²) in [7, 11) is 0. The number of carboxylic acid groups (broad SMARTS) is 1. The number of pyridine rings is 1. The molecule has 4 rings (SSSR count). The summed E-state index contributed by atoms with van der Waals surface area (Å²) in [6.45, 7) is 0.229. The van der Waals surface area contributed by atoms with Gasteiger partial charge in [-0.15, -0.1) is 0 Å². The fourth-order valence-corrected chi connectivity index (χ4v) is 2.78. The second kappa shape index (κ2) is 9.44. The molecule has 0 spiro atoms. The number of benzene rings is 2. The Morgan fingerprint density at radius 3 is 2.41 bits per heavy atom. The first-order valence-electron chi connectivity index (χ1n) is 8.70. The summed E-state index contributed by atoms with van der Waals surface area (Å²) in [4.78, 5) is 15.6. The summed E-state index contributed by atoms with van der Waals surface area (Å²) in [6.07, 6.45) is 1.92. The molecule has 0 aliphatic carbocycles. The Balaban J connectivity index is 0.00000240. The van der Waals surface area contributed by atoms with Crippen LogP contribution in [0.5, 0.6) is 5.75 Å². The molecule has 29 heavy (non-hydrogen) atoms. The Morgan fingerprint density at radius 1 is 0.966 bits per heavy atom. The molecular formula is C23H17N2NaO3. The number of nitrogens with zero attached hydrogens (tertiary/aromatic N) is 2. The number of fused-ring (bicyclic) bond motifs is 1. The third-order valence-corrected chi connectivity index (χ3v) is 4.18. The molecule has 0 saturated heterocycles.